The lowest BCUT2D eigenvalue weighted by Gasteiger charge is -2.29. The van der Waals surface area contributed by atoms with Crippen molar-refractivity contribution in [2.24, 2.45) is 13.0 Å². The molecule has 0 atom stereocenters. The van der Waals surface area contributed by atoms with Crippen molar-refractivity contribution >= 4 is 28.5 Å². The summed E-state index contributed by atoms with van der Waals surface area (Å²) in [5.41, 5.74) is 3.92. The van der Waals surface area contributed by atoms with Crippen LogP contribution in [-0.2, 0) is 18.3 Å². The van der Waals surface area contributed by atoms with E-state index in [1.54, 1.807) is 6.07 Å². The van der Waals surface area contributed by atoms with Gasteiger partial charge in [-0.25, -0.2) is 0 Å². The number of aliphatic carboxylic acids is 1. The Bertz CT molecular complexity index is 1420. The zero-order valence-corrected chi connectivity index (χ0v) is 22.0. The number of aryl methyl sites for hydroxylation is 1. The number of piperidine rings is 1. The van der Waals surface area contributed by atoms with E-state index in [2.05, 4.69) is 31.9 Å². The minimum atomic E-state index is -0.675. The Balaban J connectivity index is 1.36. The molecule has 0 bridgehead atoms. The Morgan fingerprint density at radius 3 is 2.73 bits per heavy atom. The molecule has 1 aliphatic heterocycles. The Hall–Kier alpha value is -3.36. The third kappa shape index (κ3) is 5.36. The predicted molar refractivity (Wildman–Crippen MR) is 143 cm³/mol. The van der Waals surface area contributed by atoms with Gasteiger partial charge in [0.1, 0.15) is 5.75 Å². The molecule has 0 aliphatic carbocycles. The maximum atomic E-state index is 11.2. The summed E-state index contributed by atoms with van der Waals surface area (Å²) in [4.78, 5) is 18.3. The third-order valence-electron chi connectivity index (χ3n) is 6.93. The first-order valence-electron chi connectivity index (χ1n) is 12.6. The van der Waals surface area contributed by atoms with Crippen LogP contribution in [0.3, 0.4) is 0 Å². The van der Waals surface area contributed by atoms with Gasteiger partial charge in [-0.1, -0.05) is 28.9 Å². The number of likely N-dealkylation sites (tertiary alicyclic amines) is 1. The fourth-order valence-corrected chi connectivity index (χ4v) is 5.27. The second kappa shape index (κ2) is 10.6. The maximum absolute atomic E-state index is 11.2. The minimum absolute atomic E-state index is 0.0261. The maximum Gasteiger partial charge on any atom is 0.306 e. The van der Waals surface area contributed by atoms with E-state index in [9.17, 15) is 9.90 Å². The largest absolute Gasteiger partial charge is 0.489 e. The van der Waals surface area contributed by atoms with Gasteiger partial charge in [0.15, 0.2) is 0 Å². The Morgan fingerprint density at radius 2 is 2.03 bits per heavy atom. The van der Waals surface area contributed by atoms with Crippen LogP contribution in [0.5, 0.6) is 5.75 Å². The zero-order valence-electron chi connectivity index (χ0n) is 21.3. The highest BCUT2D eigenvalue weighted by Crippen LogP contribution is 2.34. The van der Waals surface area contributed by atoms with Crippen LogP contribution in [0.1, 0.15) is 32.3 Å². The summed E-state index contributed by atoms with van der Waals surface area (Å²) in [5.74, 6) is 0.643. The summed E-state index contributed by atoms with van der Waals surface area (Å²) in [5, 5.41) is 15.2. The molecular formula is C28H31ClN4O4. The molecule has 1 fully saturated rings. The lowest BCUT2D eigenvalue weighted by atomic mass is 9.97. The van der Waals surface area contributed by atoms with Gasteiger partial charge in [0.25, 0.3) is 5.89 Å². The van der Waals surface area contributed by atoms with Crippen LogP contribution in [0.2, 0.25) is 5.02 Å². The summed E-state index contributed by atoms with van der Waals surface area (Å²) in [7, 11) is 2.03. The number of ether oxygens (including phenoxy) is 1. The number of carboxylic acid groups (broad SMARTS) is 1. The van der Waals surface area contributed by atoms with E-state index in [1.807, 2.05) is 45.2 Å². The first kappa shape index (κ1) is 25.3. The monoisotopic (exact) mass is 522 g/mol. The van der Waals surface area contributed by atoms with Crippen LogP contribution in [0.25, 0.3) is 33.7 Å². The van der Waals surface area contributed by atoms with Crippen LogP contribution in [-0.4, -0.2) is 56.4 Å². The van der Waals surface area contributed by atoms with Crippen molar-refractivity contribution in [1.82, 2.24) is 19.6 Å². The normalized spacial score (nSPS) is 15.1. The number of para-hydroxylation sites is 1. The highest BCUT2D eigenvalue weighted by atomic mass is 35.5. The highest BCUT2D eigenvalue weighted by Gasteiger charge is 2.24. The number of benzene rings is 2. The van der Waals surface area contributed by atoms with Crippen LogP contribution in [0.15, 0.2) is 47.1 Å². The van der Waals surface area contributed by atoms with E-state index in [-0.39, 0.29) is 12.0 Å². The van der Waals surface area contributed by atoms with Gasteiger partial charge in [0.05, 0.1) is 22.6 Å². The number of rotatable bonds is 8. The predicted octanol–water partition coefficient (Wildman–Crippen LogP) is 5.68. The molecule has 0 spiro atoms. The van der Waals surface area contributed by atoms with Crippen LogP contribution < -0.4 is 4.74 Å². The van der Waals surface area contributed by atoms with Gasteiger partial charge in [0, 0.05) is 36.3 Å². The van der Waals surface area contributed by atoms with Crippen molar-refractivity contribution in [2.45, 2.75) is 39.2 Å². The summed E-state index contributed by atoms with van der Waals surface area (Å²) < 4.78 is 13.4. The molecule has 3 heterocycles. The van der Waals surface area contributed by atoms with Crippen molar-refractivity contribution in [3.05, 3.63) is 53.2 Å². The smallest absolute Gasteiger partial charge is 0.306 e. The second-order valence-corrected chi connectivity index (χ2v) is 10.3. The molecule has 2 aromatic carbocycles. The van der Waals surface area contributed by atoms with Gasteiger partial charge >= 0.3 is 5.97 Å². The van der Waals surface area contributed by atoms with Crippen molar-refractivity contribution in [3.8, 4) is 28.6 Å². The number of aromatic nitrogens is 3. The topological polar surface area (TPSA) is 93.6 Å². The molecule has 8 nitrogen and oxygen atoms in total. The fourth-order valence-electron chi connectivity index (χ4n) is 5.05. The zero-order chi connectivity index (χ0) is 26.1. The summed E-state index contributed by atoms with van der Waals surface area (Å²) in [6.07, 6.45) is 4.51. The average molecular weight is 523 g/mol. The quantitative estimate of drug-likeness (QED) is 0.318. The van der Waals surface area contributed by atoms with E-state index >= 15 is 0 Å². The summed E-state index contributed by atoms with van der Waals surface area (Å²) >= 11 is 6.41. The van der Waals surface area contributed by atoms with Crippen LogP contribution in [0, 0.1) is 5.92 Å². The van der Waals surface area contributed by atoms with Gasteiger partial charge in [-0.15, -0.1) is 0 Å². The Labute approximate surface area is 220 Å². The molecule has 1 aliphatic rings. The number of hydrogen-bond donors (Lipinski definition) is 1. The molecular weight excluding hydrogens is 492 g/mol. The standard InChI is InChI=1S/C28H31ClN4O4/c1-17(2)36-24-8-7-19(15-23(24)29)27-30-26(31-37-27)22-6-4-5-21-20(16-32(3)25(21)22)11-14-33-12-9-18(10-13-33)28(34)35/h4-8,15-18H,9-14H2,1-3H3,(H,34,35). The SMILES string of the molecule is CC(C)Oc1ccc(-c2nc(-c3cccc4c(CCN5CCC(C(=O)O)CC5)cn(C)c34)no2)cc1Cl. The number of nitrogens with zero attached hydrogens (tertiary/aromatic N) is 4. The Morgan fingerprint density at radius 1 is 1.24 bits per heavy atom. The van der Waals surface area contributed by atoms with Crippen molar-refractivity contribution in [2.75, 3.05) is 19.6 Å². The van der Waals surface area contributed by atoms with Gasteiger partial charge in [0.2, 0.25) is 5.82 Å². The average Bonchev–Trinajstić information content (AvgIpc) is 3.49. The number of carboxylic acids is 1. The molecule has 0 unspecified atom stereocenters. The van der Waals surface area contributed by atoms with Crippen molar-refractivity contribution in [1.29, 1.82) is 0 Å². The molecule has 1 N–H and O–H groups in total. The fraction of sp³-hybridized carbons (Fsp3) is 0.393. The number of carbonyl (C=O) groups is 1. The molecule has 5 rings (SSSR count). The van der Waals surface area contributed by atoms with Gasteiger partial charge in [-0.2, -0.15) is 4.98 Å². The van der Waals surface area contributed by atoms with Crippen molar-refractivity contribution in [3.63, 3.8) is 0 Å². The van der Waals surface area contributed by atoms with E-state index in [0.29, 0.717) is 35.3 Å². The van der Waals surface area contributed by atoms with E-state index in [0.717, 1.165) is 48.1 Å². The summed E-state index contributed by atoms with van der Waals surface area (Å²) in [6.45, 7) is 6.46. The Kier molecular flexibility index (Phi) is 7.22. The van der Waals surface area contributed by atoms with Crippen LogP contribution in [0.4, 0.5) is 0 Å². The van der Waals surface area contributed by atoms with E-state index in [1.165, 1.54) is 5.56 Å². The van der Waals surface area contributed by atoms with Gasteiger partial charge < -0.3 is 23.8 Å². The molecule has 194 valence electrons. The lowest BCUT2D eigenvalue weighted by molar-refractivity contribution is -0.143. The molecule has 4 aromatic rings. The first-order valence-corrected chi connectivity index (χ1v) is 13.0. The lowest BCUT2D eigenvalue weighted by Crippen LogP contribution is -2.37. The third-order valence-corrected chi connectivity index (χ3v) is 7.22. The van der Waals surface area contributed by atoms with E-state index in [4.69, 9.17) is 20.9 Å². The number of hydrogen-bond acceptors (Lipinski definition) is 6. The summed E-state index contributed by atoms with van der Waals surface area (Å²) in [6, 6.07) is 11.6. The number of fused-ring (bicyclic) bond motifs is 1. The van der Waals surface area contributed by atoms with Crippen LogP contribution >= 0.6 is 11.6 Å². The molecule has 2 aromatic heterocycles. The van der Waals surface area contributed by atoms with Gasteiger partial charge in [-0.05, 0) is 76.0 Å². The minimum Gasteiger partial charge on any atom is -0.489 e. The molecule has 37 heavy (non-hydrogen) atoms. The first-order chi connectivity index (χ1) is 17.8. The molecule has 0 radical (unpaired) electrons. The molecule has 1 saturated heterocycles. The number of halogens is 1. The van der Waals surface area contributed by atoms with E-state index < -0.39 is 5.97 Å². The molecule has 0 amide bonds. The van der Waals surface area contributed by atoms with Crippen molar-refractivity contribution < 1.29 is 19.2 Å². The molecule has 0 saturated carbocycles. The van der Waals surface area contributed by atoms with Gasteiger partial charge in [-0.3, -0.25) is 4.79 Å². The highest BCUT2D eigenvalue weighted by molar-refractivity contribution is 6.32. The second-order valence-electron chi connectivity index (χ2n) is 9.91. The molecule has 9 heteroatoms.